The second-order valence-corrected chi connectivity index (χ2v) is 6.92. The average molecular weight is 364 g/mol. The molecule has 1 aromatic carbocycles. The summed E-state index contributed by atoms with van der Waals surface area (Å²) >= 11 is 6.30. The maximum absolute atomic E-state index is 12.5. The lowest BCUT2D eigenvalue weighted by Gasteiger charge is -2.32. The number of rotatable bonds is 5. The van der Waals surface area contributed by atoms with E-state index in [1.165, 1.54) is 11.8 Å². The van der Waals surface area contributed by atoms with E-state index < -0.39 is 23.7 Å². The number of Topliss-reactive ketones (excluding diaryl/α,β-unsaturated/α-hetero) is 2. The van der Waals surface area contributed by atoms with Crippen LogP contribution in [0.3, 0.4) is 0 Å². The van der Waals surface area contributed by atoms with Gasteiger partial charge >= 0.3 is 0 Å². The van der Waals surface area contributed by atoms with Gasteiger partial charge in [-0.3, -0.25) is 19.3 Å². The van der Waals surface area contributed by atoms with Gasteiger partial charge in [0.1, 0.15) is 11.7 Å². The highest BCUT2D eigenvalue weighted by molar-refractivity contribution is 6.43. The molecule has 25 heavy (non-hydrogen) atoms. The maximum atomic E-state index is 12.5. The van der Waals surface area contributed by atoms with Crippen LogP contribution in [-0.2, 0) is 14.4 Å². The Bertz CT molecular complexity index is 688. The Labute approximate surface area is 152 Å². The lowest BCUT2D eigenvalue weighted by molar-refractivity contribution is -0.142. The number of amides is 1. The molecule has 2 atom stereocenters. The Morgan fingerprint density at radius 2 is 1.88 bits per heavy atom. The zero-order valence-electron chi connectivity index (χ0n) is 14.2. The van der Waals surface area contributed by atoms with E-state index in [9.17, 15) is 14.4 Å². The molecular formula is C18H22ClN3O3. The third-order valence-corrected chi connectivity index (χ3v) is 5.28. The number of nitrogens with one attached hydrogen (secondary N) is 1. The number of carbonyl (C=O) groups is 3. The minimum Gasteiger partial charge on any atom is -0.327 e. The summed E-state index contributed by atoms with van der Waals surface area (Å²) in [4.78, 5) is 40.8. The van der Waals surface area contributed by atoms with Crippen molar-refractivity contribution >= 4 is 29.1 Å². The lowest BCUT2D eigenvalue weighted by Crippen LogP contribution is -2.47. The van der Waals surface area contributed by atoms with Gasteiger partial charge in [-0.15, -0.1) is 0 Å². The van der Waals surface area contributed by atoms with E-state index in [2.05, 4.69) is 10.2 Å². The van der Waals surface area contributed by atoms with Gasteiger partial charge in [0.2, 0.25) is 5.78 Å². The highest BCUT2D eigenvalue weighted by Crippen LogP contribution is 2.39. The zero-order chi connectivity index (χ0) is 18.0. The van der Waals surface area contributed by atoms with Gasteiger partial charge in [0, 0.05) is 44.3 Å². The van der Waals surface area contributed by atoms with Crippen LogP contribution in [-0.4, -0.2) is 66.5 Å². The molecule has 0 aromatic heterocycles. The van der Waals surface area contributed by atoms with Crippen molar-refractivity contribution in [1.82, 2.24) is 15.1 Å². The number of benzene rings is 1. The number of halogens is 1. The predicted octanol–water partition coefficient (Wildman–Crippen LogP) is 0.903. The summed E-state index contributed by atoms with van der Waals surface area (Å²) in [5.74, 6) is -2.48. The van der Waals surface area contributed by atoms with Gasteiger partial charge in [-0.25, -0.2) is 0 Å². The molecule has 1 aromatic rings. The molecule has 2 aliphatic heterocycles. The summed E-state index contributed by atoms with van der Waals surface area (Å²) < 4.78 is 0. The van der Waals surface area contributed by atoms with Gasteiger partial charge in [-0.05, 0) is 18.6 Å². The monoisotopic (exact) mass is 363 g/mol. The van der Waals surface area contributed by atoms with Crippen LogP contribution in [0.1, 0.15) is 18.5 Å². The third-order valence-electron chi connectivity index (χ3n) is 4.93. The highest BCUT2D eigenvalue weighted by atomic mass is 35.5. The molecule has 134 valence electrons. The predicted molar refractivity (Wildman–Crippen MR) is 94.4 cm³/mol. The van der Waals surface area contributed by atoms with Crippen LogP contribution in [0.2, 0.25) is 5.02 Å². The number of piperazine rings is 1. The normalized spacial score (nSPS) is 24.8. The van der Waals surface area contributed by atoms with E-state index in [1.54, 1.807) is 24.3 Å². The van der Waals surface area contributed by atoms with Gasteiger partial charge in [-0.1, -0.05) is 29.8 Å². The zero-order valence-corrected chi connectivity index (χ0v) is 15.0. The molecule has 0 saturated carbocycles. The van der Waals surface area contributed by atoms with Gasteiger partial charge in [0.25, 0.3) is 5.91 Å². The quantitative estimate of drug-likeness (QED) is 0.622. The molecule has 2 aliphatic rings. The molecule has 0 radical (unpaired) electrons. The minimum absolute atomic E-state index is 0.298. The fourth-order valence-electron chi connectivity index (χ4n) is 3.62. The summed E-state index contributed by atoms with van der Waals surface area (Å²) in [7, 11) is 0. The molecule has 0 bridgehead atoms. The van der Waals surface area contributed by atoms with Gasteiger partial charge in [0.05, 0.1) is 6.04 Å². The van der Waals surface area contributed by atoms with Crippen LogP contribution in [0.5, 0.6) is 0 Å². The average Bonchev–Trinajstić information content (AvgIpc) is 2.85. The molecule has 0 spiro atoms. The van der Waals surface area contributed by atoms with Crippen LogP contribution in [0.4, 0.5) is 0 Å². The molecule has 1 N–H and O–H groups in total. The largest absolute Gasteiger partial charge is 0.327 e. The fraction of sp³-hybridized carbons (Fsp3) is 0.500. The van der Waals surface area contributed by atoms with Crippen molar-refractivity contribution in [2.75, 3.05) is 39.3 Å². The van der Waals surface area contributed by atoms with Crippen LogP contribution < -0.4 is 5.32 Å². The topological polar surface area (TPSA) is 69.7 Å². The molecule has 7 heteroatoms. The van der Waals surface area contributed by atoms with Gasteiger partial charge in [0.15, 0.2) is 0 Å². The molecular weight excluding hydrogens is 342 g/mol. The number of hydrogen-bond donors (Lipinski definition) is 1. The first-order valence-corrected chi connectivity index (χ1v) is 8.91. The lowest BCUT2D eigenvalue weighted by atomic mass is 9.90. The smallest absolute Gasteiger partial charge is 0.291 e. The van der Waals surface area contributed by atoms with Crippen LogP contribution in [0.25, 0.3) is 0 Å². The van der Waals surface area contributed by atoms with E-state index in [4.69, 9.17) is 11.6 Å². The SMILES string of the molecule is CC(=O)C1C(=O)C(=O)N(CCN2CCNCC2)C1c1ccccc1Cl. The number of hydrogen-bond acceptors (Lipinski definition) is 5. The van der Waals surface area contributed by atoms with Gasteiger partial charge < -0.3 is 10.2 Å². The summed E-state index contributed by atoms with van der Waals surface area (Å²) in [5, 5.41) is 3.75. The Balaban J connectivity index is 1.87. The number of carbonyl (C=O) groups excluding carboxylic acids is 3. The number of nitrogens with zero attached hydrogens (tertiary/aromatic N) is 2. The number of likely N-dealkylation sites (tertiary alicyclic amines) is 1. The summed E-state index contributed by atoms with van der Waals surface area (Å²) in [6, 6.07) is 6.48. The van der Waals surface area contributed by atoms with Crippen molar-refractivity contribution in [2.24, 2.45) is 5.92 Å². The number of ketones is 2. The van der Waals surface area contributed by atoms with Crippen molar-refractivity contribution in [3.63, 3.8) is 0 Å². The molecule has 2 fully saturated rings. The van der Waals surface area contributed by atoms with E-state index in [0.29, 0.717) is 23.7 Å². The maximum Gasteiger partial charge on any atom is 0.291 e. The first-order valence-electron chi connectivity index (χ1n) is 8.53. The Morgan fingerprint density at radius 1 is 1.20 bits per heavy atom. The summed E-state index contributed by atoms with van der Waals surface area (Å²) in [6.45, 7) is 6.08. The van der Waals surface area contributed by atoms with Crippen LogP contribution >= 0.6 is 11.6 Å². The van der Waals surface area contributed by atoms with Crippen LogP contribution in [0, 0.1) is 5.92 Å². The molecule has 3 rings (SSSR count). The summed E-state index contributed by atoms with van der Waals surface area (Å²) in [5.41, 5.74) is 0.656. The van der Waals surface area contributed by atoms with E-state index >= 15 is 0 Å². The second kappa shape index (κ2) is 7.64. The molecule has 2 heterocycles. The first-order chi connectivity index (χ1) is 12.0. The fourth-order valence-corrected chi connectivity index (χ4v) is 3.87. The Hall–Kier alpha value is -1.76. The van der Waals surface area contributed by atoms with Crippen molar-refractivity contribution < 1.29 is 14.4 Å². The van der Waals surface area contributed by atoms with Crippen molar-refractivity contribution in [2.45, 2.75) is 13.0 Å². The Kier molecular flexibility index (Phi) is 5.51. The molecule has 0 aliphatic carbocycles. The van der Waals surface area contributed by atoms with Crippen molar-refractivity contribution in [3.05, 3.63) is 34.9 Å². The van der Waals surface area contributed by atoms with Crippen molar-refractivity contribution in [1.29, 1.82) is 0 Å². The van der Waals surface area contributed by atoms with E-state index in [1.807, 2.05) is 0 Å². The standard InChI is InChI=1S/C18H22ClN3O3/c1-12(23)15-16(13-4-2-3-5-14(13)19)22(18(25)17(15)24)11-10-21-8-6-20-7-9-21/h2-5,15-16,20H,6-11H2,1H3. The van der Waals surface area contributed by atoms with E-state index in [0.717, 1.165) is 26.2 Å². The molecule has 1 amide bonds. The molecule has 6 nitrogen and oxygen atoms in total. The molecule has 2 unspecified atom stereocenters. The van der Waals surface area contributed by atoms with Crippen LogP contribution in [0.15, 0.2) is 24.3 Å². The first kappa shape index (κ1) is 18.0. The van der Waals surface area contributed by atoms with Gasteiger partial charge in [-0.2, -0.15) is 0 Å². The Morgan fingerprint density at radius 3 is 2.52 bits per heavy atom. The molecule has 2 saturated heterocycles. The minimum atomic E-state index is -0.976. The highest BCUT2D eigenvalue weighted by Gasteiger charge is 2.50. The van der Waals surface area contributed by atoms with Crippen molar-refractivity contribution in [3.8, 4) is 0 Å². The second-order valence-electron chi connectivity index (χ2n) is 6.51. The summed E-state index contributed by atoms with van der Waals surface area (Å²) in [6.07, 6.45) is 0. The third kappa shape index (κ3) is 3.61. The van der Waals surface area contributed by atoms with E-state index in [-0.39, 0.29) is 5.78 Å².